The first-order valence-corrected chi connectivity index (χ1v) is 9.09. The molecule has 0 radical (unpaired) electrons. The van der Waals surface area contributed by atoms with Crippen LogP contribution >= 0.6 is 35.0 Å². The van der Waals surface area contributed by atoms with Crippen LogP contribution in [0.4, 0.5) is 0 Å². The molecule has 0 aromatic heterocycles. The molecule has 1 aliphatic carbocycles. The number of rotatable bonds is 6. The van der Waals surface area contributed by atoms with E-state index < -0.39 is 0 Å². The second kappa shape index (κ2) is 7.74. The molecule has 1 aliphatic rings. The third kappa shape index (κ3) is 4.07. The van der Waals surface area contributed by atoms with Gasteiger partial charge in [0.05, 0.1) is 16.1 Å². The summed E-state index contributed by atoms with van der Waals surface area (Å²) in [4.78, 5) is 1.13. The zero-order chi connectivity index (χ0) is 15.3. The van der Waals surface area contributed by atoms with Crippen molar-refractivity contribution < 1.29 is 0 Å². The van der Waals surface area contributed by atoms with Crippen molar-refractivity contribution in [2.24, 2.45) is 5.92 Å². The molecule has 2 rings (SSSR count). The number of halogens is 2. The molecule has 0 heterocycles. The van der Waals surface area contributed by atoms with Crippen LogP contribution in [0.25, 0.3) is 0 Å². The SMILES string of the molecule is CCNC1(C#N)CCCC1CCSc1ccc(Cl)c(Cl)c1. The molecule has 5 heteroatoms. The van der Waals surface area contributed by atoms with E-state index in [1.807, 2.05) is 18.2 Å². The van der Waals surface area contributed by atoms with Gasteiger partial charge in [0, 0.05) is 4.90 Å². The van der Waals surface area contributed by atoms with Gasteiger partial charge in [0.15, 0.2) is 0 Å². The summed E-state index contributed by atoms with van der Waals surface area (Å²) in [5.41, 5.74) is -0.313. The second-order valence-electron chi connectivity index (χ2n) is 5.42. The maximum atomic E-state index is 9.55. The number of nitrogens with one attached hydrogen (secondary N) is 1. The fourth-order valence-corrected chi connectivity index (χ4v) is 4.46. The zero-order valence-electron chi connectivity index (χ0n) is 12.2. The second-order valence-corrected chi connectivity index (χ2v) is 7.40. The number of hydrogen-bond acceptors (Lipinski definition) is 3. The third-order valence-corrected chi connectivity index (χ3v) is 5.90. The van der Waals surface area contributed by atoms with E-state index in [1.54, 1.807) is 11.8 Å². The van der Waals surface area contributed by atoms with E-state index >= 15 is 0 Å². The fraction of sp³-hybridized carbons (Fsp3) is 0.562. The molecule has 2 unspecified atom stereocenters. The van der Waals surface area contributed by atoms with Gasteiger partial charge in [0.2, 0.25) is 0 Å². The van der Waals surface area contributed by atoms with Crippen molar-refractivity contribution in [3.8, 4) is 6.07 Å². The molecule has 1 aromatic carbocycles. The molecule has 0 spiro atoms. The van der Waals surface area contributed by atoms with Crippen LogP contribution in [-0.2, 0) is 0 Å². The lowest BCUT2D eigenvalue weighted by Gasteiger charge is -2.29. The summed E-state index contributed by atoms with van der Waals surface area (Å²) in [6, 6.07) is 8.27. The Bertz CT molecular complexity index is 529. The van der Waals surface area contributed by atoms with E-state index in [0.29, 0.717) is 16.0 Å². The van der Waals surface area contributed by atoms with Crippen LogP contribution in [0.3, 0.4) is 0 Å². The monoisotopic (exact) mass is 342 g/mol. The lowest BCUT2D eigenvalue weighted by Crippen LogP contribution is -2.47. The Hall–Kier alpha value is -0.400. The maximum Gasteiger partial charge on any atom is 0.109 e. The molecule has 0 saturated heterocycles. The van der Waals surface area contributed by atoms with Gasteiger partial charge >= 0.3 is 0 Å². The lowest BCUT2D eigenvalue weighted by atomic mass is 9.86. The Morgan fingerprint density at radius 2 is 2.24 bits per heavy atom. The lowest BCUT2D eigenvalue weighted by molar-refractivity contribution is 0.317. The van der Waals surface area contributed by atoms with Gasteiger partial charge in [0.25, 0.3) is 0 Å². The number of nitriles is 1. The van der Waals surface area contributed by atoms with Gasteiger partial charge in [-0.15, -0.1) is 11.8 Å². The number of nitrogens with zero attached hydrogens (tertiary/aromatic N) is 1. The predicted molar refractivity (Wildman–Crippen MR) is 91.2 cm³/mol. The van der Waals surface area contributed by atoms with Gasteiger partial charge in [-0.2, -0.15) is 5.26 Å². The van der Waals surface area contributed by atoms with Crippen molar-refractivity contribution in [1.29, 1.82) is 5.26 Å². The van der Waals surface area contributed by atoms with Crippen molar-refractivity contribution in [1.82, 2.24) is 5.32 Å². The fourth-order valence-electron chi connectivity index (χ4n) is 3.09. The molecule has 1 N–H and O–H groups in total. The highest BCUT2D eigenvalue weighted by Gasteiger charge is 2.41. The van der Waals surface area contributed by atoms with Crippen LogP contribution in [0.2, 0.25) is 10.0 Å². The summed E-state index contributed by atoms with van der Waals surface area (Å²) in [5.74, 6) is 1.44. The van der Waals surface area contributed by atoms with Gasteiger partial charge in [0.1, 0.15) is 5.54 Å². The van der Waals surface area contributed by atoms with Crippen LogP contribution in [-0.4, -0.2) is 17.8 Å². The highest BCUT2D eigenvalue weighted by Crippen LogP contribution is 2.39. The molecule has 114 valence electrons. The Morgan fingerprint density at radius 1 is 1.43 bits per heavy atom. The van der Waals surface area contributed by atoms with Gasteiger partial charge in [-0.1, -0.05) is 36.5 Å². The van der Waals surface area contributed by atoms with E-state index in [0.717, 1.165) is 42.9 Å². The smallest absolute Gasteiger partial charge is 0.109 e. The Morgan fingerprint density at radius 3 is 2.90 bits per heavy atom. The number of thioether (sulfide) groups is 1. The van der Waals surface area contributed by atoms with Crippen LogP contribution in [0.1, 0.15) is 32.6 Å². The van der Waals surface area contributed by atoms with Crippen LogP contribution in [0.5, 0.6) is 0 Å². The minimum Gasteiger partial charge on any atom is -0.299 e. The Labute approximate surface area is 141 Å². The van der Waals surface area contributed by atoms with Crippen molar-refractivity contribution in [3.63, 3.8) is 0 Å². The van der Waals surface area contributed by atoms with Crippen molar-refractivity contribution in [2.75, 3.05) is 12.3 Å². The predicted octanol–water partition coefficient (Wildman–Crippen LogP) is 5.15. The summed E-state index contributed by atoms with van der Waals surface area (Å²) >= 11 is 13.7. The van der Waals surface area contributed by atoms with Crippen molar-refractivity contribution >= 4 is 35.0 Å². The first-order valence-electron chi connectivity index (χ1n) is 7.35. The first kappa shape index (κ1) is 17.0. The zero-order valence-corrected chi connectivity index (χ0v) is 14.5. The Kier molecular flexibility index (Phi) is 6.25. The normalized spacial score (nSPS) is 25.0. The molecule has 0 aliphatic heterocycles. The minimum absolute atomic E-state index is 0.313. The van der Waals surface area contributed by atoms with Gasteiger partial charge in [-0.05, 0) is 55.7 Å². The number of benzene rings is 1. The molecule has 2 nitrogen and oxygen atoms in total. The summed E-state index contributed by atoms with van der Waals surface area (Å²) in [7, 11) is 0. The molecule has 2 atom stereocenters. The maximum absolute atomic E-state index is 9.55. The summed E-state index contributed by atoms with van der Waals surface area (Å²) in [6.45, 7) is 2.92. The average molecular weight is 343 g/mol. The largest absolute Gasteiger partial charge is 0.299 e. The van der Waals surface area contributed by atoms with Gasteiger partial charge in [-0.3, -0.25) is 5.32 Å². The minimum atomic E-state index is -0.313. The topological polar surface area (TPSA) is 35.8 Å². The molecule has 0 bridgehead atoms. The van der Waals surface area contributed by atoms with Crippen molar-refractivity contribution in [3.05, 3.63) is 28.2 Å². The van der Waals surface area contributed by atoms with Gasteiger partial charge in [-0.25, -0.2) is 0 Å². The molecule has 0 amide bonds. The van der Waals surface area contributed by atoms with Crippen LogP contribution in [0.15, 0.2) is 23.1 Å². The highest BCUT2D eigenvalue weighted by atomic mass is 35.5. The van der Waals surface area contributed by atoms with E-state index in [4.69, 9.17) is 23.2 Å². The molecule has 1 fully saturated rings. The van der Waals surface area contributed by atoms with Crippen LogP contribution in [0, 0.1) is 17.2 Å². The molecule has 1 saturated carbocycles. The van der Waals surface area contributed by atoms with E-state index in [-0.39, 0.29) is 5.54 Å². The van der Waals surface area contributed by atoms with Gasteiger partial charge < -0.3 is 0 Å². The van der Waals surface area contributed by atoms with E-state index in [1.165, 1.54) is 0 Å². The van der Waals surface area contributed by atoms with Crippen LogP contribution < -0.4 is 5.32 Å². The first-order chi connectivity index (χ1) is 10.1. The molecule has 1 aromatic rings. The molecular weight excluding hydrogens is 323 g/mol. The summed E-state index contributed by atoms with van der Waals surface area (Å²) in [5, 5.41) is 14.2. The standard InChI is InChI=1S/C16H20Cl2N2S/c1-2-20-16(11-19)8-3-4-12(16)7-9-21-13-5-6-14(17)15(18)10-13/h5-6,10,12,20H,2-4,7-9H2,1H3. The quantitative estimate of drug-likeness (QED) is 0.726. The van der Waals surface area contributed by atoms with Crippen molar-refractivity contribution in [2.45, 2.75) is 43.0 Å². The molecular formula is C16H20Cl2N2S. The number of hydrogen-bond donors (Lipinski definition) is 1. The Balaban J connectivity index is 1.90. The summed E-state index contributed by atoms with van der Waals surface area (Å²) in [6.07, 6.45) is 4.30. The van der Waals surface area contributed by atoms with E-state index in [2.05, 4.69) is 18.3 Å². The average Bonchev–Trinajstić information content (AvgIpc) is 2.87. The molecule has 21 heavy (non-hydrogen) atoms. The van der Waals surface area contributed by atoms with E-state index in [9.17, 15) is 5.26 Å². The highest BCUT2D eigenvalue weighted by molar-refractivity contribution is 7.99. The third-order valence-electron chi connectivity index (χ3n) is 4.14. The summed E-state index contributed by atoms with van der Waals surface area (Å²) < 4.78 is 0.